The van der Waals surface area contributed by atoms with Gasteiger partial charge in [-0.2, -0.15) is 0 Å². The smallest absolute Gasteiger partial charge is 0.305 e. The number of ether oxygens (including phenoxy) is 1. The molecule has 5 unspecified atom stereocenters. The number of carboxylic acids is 1. The Labute approximate surface area is 216 Å². The van der Waals surface area contributed by atoms with Crippen LogP contribution in [0.1, 0.15) is 62.9 Å². The van der Waals surface area contributed by atoms with E-state index in [9.17, 15) is 19.2 Å². The highest BCUT2D eigenvalue weighted by atomic mass is 16.6. The topological polar surface area (TPSA) is 138 Å². The van der Waals surface area contributed by atoms with Gasteiger partial charge in [0, 0.05) is 18.0 Å². The summed E-state index contributed by atoms with van der Waals surface area (Å²) in [5, 5.41) is 16.5. The fraction of sp³-hybridized carbons (Fsp3) is 0.536. The Balaban J connectivity index is 1.33. The Bertz CT molecular complexity index is 1150. The van der Waals surface area contributed by atoms with Gasteiger partial charge in [-0.1, -0.05) is 51.0 Å². The lowest BCUT2D eigenvalue weighted by molar-refractivity contribution is -0.138. The van der Waals surface area contributed by atoms with Crippen LogP contribution in [0.2, 0.25) is 0 Å². The number of fused-ring (bicyclic) bond motifs is 1. The Hall–Kier alpha value is -3.17. The molecule has 2 heterocycles. The first kappa shape index (κ1) is 26.9. The van der Waals surface area contributed by atoms with Crippen LogP contribution in [-0.4, -0.2) is 58.5 Å². The van der Waals surface area contributed by atoms with Crippen molar-refractivity contribution in [3.63, 3.8) is 0 Å². The second-order valence-corrected chi connectivity index (χ2v) is 10.5. The van der Waals surface area contributed by atoms with E-state index in [0.717, 1.165) is 30.0 Å². The number of carbonyl (C=O) groups excluding carboxylic acids is 3. The first-order chi connectivity index (χ1) is 17.8. The summed E-state index contributed by atoms with van der Waals surface area (Å²) in [5.74, 6) is -0.896. The molecule has 0 radical (unpaired) electrons. The summed E-state index contributed by atoms with van der Waals surface area (Å²) in [7, 11) is 0. The summed E-state index contributed by atoms with van der Waals surface area (Å²) in [4.78, 5) is 52.7. The van der Waals surface area contributed by atoms with Crippen LogP contribution in [0, 0.1) is 17.8 Å². The number of aliphatic carboxylic acids is 1. The van der Waals surface area contributed by atoms with Crippen molar-refractivity contribution in [2.24, 2.45) is 17.8 Å². The molecule has 1 amide bonds. The van der Waals surface area contributed by atoms with Crippen LogP contribution < -0.4 is 10.6 Å². The number of aldehydes is 1. The zero-order valence-corrected chi connectivity index (χ0v) is 21.3. The average Bonchev–Trinajstić information content (AvgIpc) is 3.47. The number of hydrogen-bond acceptors (Lipinski definition) is 7. The minimum Gasteiger partial charge on any atom is -0.481 e. The van der Waals surface area contributed by atoms with Gasteiger partial charge in [0.25, 0.3) is 5.91 Å². The van der Waals surface area contributed by atoms with Gasteiger partial charge < -0.3 is 20.0 Å². The van der Waals surface area contributed by atoms with Crippen molar-refractivity contribution < 1.29 is 29.0 Å². The molecule has 6 atom stereocenters. The Morgan fingerprint density at radius 3 is 2.70 bits per heavy atom. The van der Waals surface area contributed by atoms with Crippen molar-refractivity contribution in [3.8, 4) is 0 Å². The second kappa shape index (κ2) is 11.9. The molecule has 2 aliphatic rings. The maximum Gasteiger partial charge on any atom is 0.305 e. The molecule has 1 saturated carbocycles. The number of pyridine rings is 1. The van der Waals surface area contributed by atoms with Crippen molar-refractivity contribution in [2.75, 3.05) is 0 Å². The minimum atomic E-state index is -1.04. The number of hydrogen-bond donors (Lipinski definition) is 3. The molecule has 4 rings (SSSR count). The molecule has 1 aliphatic carbocycles. The van der Waals surface area contributed by atoms with Crippen molar-refractivity contribution in [1.82, 2.24) is 15.6 Å². The molecule has 9 heteroatoms. The lowest BCUT2D eigenvalue weighted by Gasteiger charge is -2.23. The standard InChI is InChI=1S/C28H35N3O6/c1-16(2)24(31-27(36)25-20-8-4-3-6-18(20)12-13-29-25)22(33)11-10-17-7-5-9-21(17)26-28(37-26)30-19(15-32)14-23(34)35/h3-4,6,8,12-13,15-17,19,21,24,26,28,30H,5,7,9-11,14H2,1-2H3,(H,31,36)(H,34,35)/t17?,19?,21?,24-,26?,28?/m0/s1. The summed E-state index contributed by atoms with van der Waals surface area (Å²) in [6.07, 6.45) is 5.59. The van der Waals surface area contributed by atoms with Crippen molar-refractivity contribution in [3.05, 3.63) is 42.2 Å². The quantitative estimate of drug-likeness (QED) is 0.277. The number of ketones is 1. The van der Waals surface area contributed by atoms with E-state index in [2.05, 4.69) is 15.6 Å². The van der Waals surface area contributed by atoms with E-state index in [1.165, 1.54) is 0 Å². The number of carboxylic acid groups (broad SMARTS) is 1. The predicted octanol–water partition coefficient (Wildman–Crippen LogP) is 3.11. The second-order valence-electron chi connectivity index (χ2n) is 10.5. The van der Waals surface area contributed by atoms with Crippen LogP contribution in [0.25, 0.3) is 10.8 Å². The number of nitrogens with one attached hydrogen (secondary N) is 2. The first-order valence-electron chi connectivity index (χ1n) is 13.0. The summed E-state index contributed by atoms with van der Waals surface area (Å²) < 4.78 is 5.76. The number of Topliss-reactive ketones (excluding diaryl/α,β-unsaturated/α-hetero) is 1. The van der Waals surface area contributed by atoms with E-state index >= 15 is 0 Å². The number of amides is 1. The van der Waals surface area contributed by atoms with Crippen molar-refractivity contribution in [2.45, 2.75) is 76.8 Å². The van der Waals surface area contributed by atoms with Gasteiger partial charge in [0.1, 0.15) is 24.3 Å². The third kappa shape index (κ3) is 6.59. The molecule has 3 N–H and O–H groups in total. The summed E-state index contributed by atoms with van der Waals surface area (Å²) in [5.41, 5.74) is 0.313. The number of benzene rings is 1. The van der Waals surface area contributed by atoms with Gasteiger partial charge in [-0.3, -0.25) is 24.7 Å². The Morgan fingerprint density at radius 1 is 1.19 bits per heavy atom. The van der Waals surface area contributed by atoms with Crippen molar-refractivity contribution in [1.29, 1.82) is 0 Å². The number of epoxide rings is 1. The summed E-state index contributed by atoms with van der Waals surface area (Å²) in [6, 6.07) is 8.01. The molecule has 0 spiro atoms. The highest BCUT2D eigenvalue weighted by molar-refractivity contribution is 6.06. The fourth-order valence-electron chi connectivity index (χ4n) is 5.60. The zero-order valence-electron chi connectivity index (χ0n) is 21.3. The van der Waals surface area contributed by atoms with Crippen LogP contribution in [0.3, 0.4) is 0 Å². The van der Waals surface area contributed by atoms with Gasteiger partial charge in [-0.15, -0.1) is 0 Å². The molecular formula is C28H35N3O6. The summed E-state index contributed by atoms with van der Waals surface area (Å²) >= 11 is 0. The lowest BCUT2D eigenvalue weighted by Crippen LogP contribution is -2.44. The third-order valence-corrected chi connectivity index (χ3v) is 7.55. The van der Waals surface area contributed by atoms with Gasteiger partial charge in [-0.05, 0) is 42.0 Å². The van der Waals surface area contributed by atoms with Gasteiger partial charge in [0.05, 0.1) is 18.5 Å². The molecule has 37 heavy (non-hydrogen) atoms. The predicted molar refractivity (Wildman–Crippen MR) is 137 cm³/mol. The van der Waals surface area contributed by atoms with E-state index in [0.29, 0.717) is 30.7 Å². The SMILES string of the molecule is CC(C)[C@H](NC(=O)c1nccc2ccccc12)C(=O)CCC1CCCC1C1OC1NC(C=O)CC(=O)O. The lowest BCUT2D eigenvalue weighted by atomic mass is 9.86. The molecule has 2 fully saturated rings. The highest BCUT2D eigenvalue weighted by Gasteiger charge is 2.49. The Morgan fingerprint density at radius 2 is 1.97 bits per heavy atom. The van der Waals surface area contributed by atoms with Crippen LogP contribution >= 0.6 is 0 Å². The van der Waals surface area contributed by atoms with Gasteiger partial charge in [0.2, 0.25) is 0 Å². The first-order valence-corrected chi connectivity index (χ1v) is 13.0. The highest BCUT2D eigenvalue weighted by Crippen LogP contribution is 2.44. The van der Waals surface area contributed by atoms with Gasteiger partial charge >= 0.3 is 5.97 Å². The number of carbonyl (C=O) groups is 4. The third-order valence-electron chi connectivity index (χ3n) is 7.55. The molecular weight excluding hydrogens is 474 g/mol. The minimum absolute atomic E-state index is 0.00287. The van der Waals surface area contributed by atoms with Crippen molar-refractivity contribution >= 4 is 34.7 Å². The van der Waals surface area contributed by atoms with Crippen LogP contribution in [0.5, 0.6) is 0 Å². The average molecular weight is 510 g/mol. The molecule has 1 saturated heterocycles. The number of nitrogens with zero attached hydrogens (tertiary/aromatic N) is 1. The number of rotatable bonds is 13. The van der Waals surface area contributed by atoms with E-state index in [4.69, 9.17) is 9.84 Å². The van der Waals surface area contributed by atoms with E-state index in [-0.39, 0.29) is 42.3 Å². The van der Waals surface area contributed by atoms with Gasteiger partial charge in [0.15, 0.2) is 5.78 Å². The molecule has 9 nitrogen and oxygen atoms in total. The van der Waals surface area contributed by atoms with E-state index < -0.39 is 18.1 Å². The van der Waals surface area contributed by atoms with Gasteiger partial charge in [-0.25, -0.2) is 0 Å². The maximum absolute atomic E-state index is 13.2. The van der Waals surface area contributed by atoms with Crippen LogP contribution in [0.4, 0.5) is 0 Å². The number of aromatic nitrogens is 1. The normalized spacial score (nSPS) is 24.5. The maximum atomic E-state index is 13.2. The molecule has 198 valence electrons. The molecule has 1 aromatic carbocycles. The zero-order chi connectivity index (χ0) is 26.5. The molecule has 1 aromatic heterocycles. The van der Waals surface area contributed by atoms with Crippen LogP contribution in [0.15, 0.2) is 36.5 Å². The largest absolute Gasteiger partial charge is 0.481 e. The molecule has 1 aliphatic heterocycles. The van der Waals surface area contributed by atoms with Crippen LogP contribution in [-0.2, 0) is 19.1 Å². The monoisotopic (exact) mass is 509 g/mol. The molecule has 0 bridgehead atoms. The fourth-order valence-corrected chi connectivity index (χ4v) is 5.60. The van der Waals surface area contributed by atoms with E-state index in [1.807, 2.05) is 44.2 Å². The summed E-state index contributed by atoms with van der Waals surface area (Å²) in [6.45, 7) is 3.85. The Kier molecular flexibility index (Phi) is 8.66. The molecule has 2 aromatic rings. The van der Waals surface area contributed by atoms with E-state index in [1.54, 1.807) is 6.20 Å².